The molecule has 1 amide bonds. The Balaban J connectivity index is 1.49. The van der Waals surface area contributed by atoms with Gasteiger partial charge < -0.3 is 5.32 Å². The number of aromatic nitrogens is 1. The van der Waals surface area contributed by atoms with Gasteiger partial charge >= 0.3 is 0 Å². The van der Waals surface area contributed by atoms with Crippen LogP contribution in [-0.4, -0.2) is 10.9 Å². The van der Waals surface area contributed by atoms with Crippen molar-refractivity contribution in [1.82, 2.24) is 10.3 Å². The number of carbonyl (C=O) groups excluding carboxylic acids is 1. The molecule has 2 heterocycles. The second-order valence-corrected chi connectivity index (χ2v) is 5.73. The molecule has 3 rings (SSSR count). The summed E-state index contributed by atoms with van der Waals surface area (Å²) in [5, 5.41) is 6.92. The Morgan fingerprint density at radius 3 is 2.84 bits per heavy atom. The number of thiophene rings is 1. The summed E-state index contributed by atoms with van der Waals surface area (Å²) < 4.78 is 0. The summed E-state index contributed by atoms with van der Waals surface area (Å²) in [4.78, 5) is 16.2. The first-order valence-electron chi connectivity index (χ1n) is 6.54. The molecule has 0 aromatic carbocycles. The number of nitrogens with one attached hydrogen (secondary N) is 1. The van der Waals surface area contributed by atoms with Crippen molar-refractivity contribution in [3.63, 3.8) is 0 Å². The van der Waals surface area contributed by atoms with E-state index in [9.17, 15) is 4.79 Å². The lowest BCUT2D eigenvalue weighted by atomic mass is 10.2. The molecule has 0 unspecified atom stereocenters. The third kappa shape index (κ3) is 3.41. The molecule has 0 radical (unpaired) electrons. The van der Waals surface area contributed by atoms with Gasteiger partial charge in [0.1, 0.15) is 0 Å². The van der Waals surface area contributed by atoms with E-state index in [2.05, 4.69) is 22.4 Å². The quantitative estimate of drug-likeness (QED) is 0.909. The Labute approximate surface area is 116 Å². The molecule has 4 heteroatoms. The number of rotatable bonds is 5. The molecule has 0 saturated heterocycles. The first-order valence-corrected chi connectivity index (χ1v) is 7.48. The molecule has 2 aromatic heterocycles. The number of hydrogen-bond acceptors (Lipinski definition) is 3. The van der Waals surface area contributed by atoms with Crippen LogP contribution in [0.3, 0.4) is 0 Å². The van der Waals surface area contributed by atoms with E-state index in [0.29, 0.717) is 18.9 Å². The summed E-state index contributed by atoms with van der Waals surface area (Å²) in [7, 11) is 0. The highest BCUT2D eigenvalue weighted by Gasteiger charge is 2.24. The van der Waals surface area contributed by atoms with E-state index in [0.717, 1.165) is 11.1 Å². The van der Waals surface area contributed by atoms with E-state index in [4.69, 9.17) is 0 Å². The Morgan fingerprint density at radius 1 is 1.32 bits per heavy atom. The summed E-state index contributed by atoms with van der Waals surface area (Å²) in [6.07, 6.45) is 4.86. The smallest absolute Gasteiger partial charge is 0.224 e. The van der Waals surface area contributed by atoms with Gasteiger partial charge in [-0.2, -0.15) is 11.3 Å². The van der Waals surface area contributed by atoms with Crippen molar-refractivity contribution in [3.8, 4) is 0 Å². The minimum Gasteiger partial charge on any atom is -0.352 e. The molecule has 19 heavy (non-hydrogen) atoms. The van der Waals surface area contributed by atoms with Crippen molar-refractivity contribution >= 4 is 17.2 Å². The van der Waals surface area contributed by atoms with Crippen LogP contribution in [0.25, 0.3) is 0 Å². The lowest BCUT2D eigenvalue weighted by molar-refractivity contribution is -0.120. The second-order valence-electron chi connectivity index (χ2n) is 4.95. The highest BCUT2D eigenvalue weighted by Crippen LogP contribution is 2.38. The minimum atomic E-state index is 0.0599. The molecular weight excluding hydrogens is 256 g/mol. The van der Waals surface area contributed by atoms with Crippen LogP contribution < -0.4 is 5.32 Å². The Bertz CT molecular complexity index is 544. The van der Waals surface area contributed by atoms with Gasteiger partial charge in [0.15, 0.2) is 0 Å². The highest BCUT2D eigenvalue weighted by atomic mass is 32.1. The fourth-order valence-electron chi connectivity index (χ4n) is 2.00. The Morgan fingerprint density at radius 2 is 2.21 bits per heavy atom. The summed E-state index contributed by atoms with van der Waals surface area (Å²) in [5.74, 6) is 0.743. The van der Waals surface area contributed by atoms with Gasteiger partial charge in [0.25, 0.3) is 0 Å². The highest BCUT2D eigenvalue weighted by molar-refractivity contribution is 7.07. The van der Waals surface area contributed by atoms with Crippen LogP contribution in [0.1, 0.15) is 35.6 Å². The third-order valence-electron chi connectivity index (χ3n) is 3.28. The van der Waals surface area contributed by atoms with Crippen molar-refractivity contribution in [2.24, 2.45) is 0 Å². The number of pyridine rings is 1. The van der Waals surface area contributed by atoms with Crippen LogP contribution >= 0.6 is 11.3 Å². The topological polar surface area (TPSA) is 42.0 Å². The van der Waals surface area contributed by atoms with E-state index < -0.39 is 0 Å². The van der Waals surface area contributed by atoms with Crippen LogP contribution in [0.15, 0.2) is 35.2 Å². The van der Waals surface area contributed by atoms with E-state index in [1.165, 1.54) is 18.5 Å². The molecular formula is C15H16N2OS. The van der Waals surface area contributed by atoms with Crippen molar-refractivity contribution < 1.29 is 4.79 Å². The van der Waals surface area contributed by atoms with Gasteiger partial charge in [-0.15, -0.1) is 0 Å². The lowest BCUT2D eigenvalue weighted by Gasteiger charge is -2.05. The number of nitrogens with zero attached hydrogens (tertiary/aromatic N) is 1. The van der Waals surface area contributed by atoms with E-state index in [1.54, 1.807) is 11.3 Å². The normalized spacial score (nSPS) is 14.3. The molecule has 0 spiro atoms. The molecule has 2 aromatic rings. The molecule has 1 N–H and O–H groups in total. The van der Waals surface area contributed by atoms with Crippen LogP contribution in [0.4, 0.5) is 0 Å². The van der Waals surface area contributed by atoms with Gasteiger partial charge in [0.05, 0.1) is 6.42 Å². The van der Waals surface area contributed by atoms with E-state index in [-0.39, 0.29) is 5.91 Å². The number of hydrogen-bond donors (Lipinski definition) is 1. The number of carbonyl (C=O) groups is 1. The molecule has 3 nitrogen and oxygen atoms in total. The SMILES string of the molecule is O=C(Cc1ccsc1)NCc1ccc(C2CC2)nc1. The van der Waals surface area contributed by atoms with Gasteiger partial charge in [0.2, 0.25) is 5.91 Å². The third-order valence-corrected chi connectivity index (χ3v) is 4.01. The predicted molar refractivity (Wildman–Crippen MR) is 76.1 cm³/mol. The minimum absolute atomic E-state index is 0.0599. The molecule has 0 atom stereocenters. The molecule has 0 bridgehead atoms. The van der Waals surface area contributed by atoms with E-state index >= 15 is 0 Å². The fraction of sp³-hybridized carbons (Fsp3) is 0.333. The van der Waals surface area contributed by atoms with Gasteiger partial charge in [-0.1, -0.05) is 6.07 Å². The molecule has 0 aliphatic heterocycles. The van der Waals surface area contributed by atoms with Gasteiger partial charge in [0, 0.05) is 24.4 Å². The van der Waals surface area contributed by atoms with Gasteiger partial charge in [-0.25, -0.2) is 0 Å². The molecule has 98 valence electrons. The summed E-state index contributed by atoms with van der Waals surface area (Å²) in [6.45, 7) is 0.556. The zero-order valence-corrected chi connectivity index (χ0v) is 11.5. The zero-order valence-electron chi connectivity index (χ0n) is 10.6. The Hall–Kier alpha value is -1.68. The van der Waals surface area contributed by atoms with E-state index in [1.807, 2.05) is 23.0 Å². The van der Waals surface area contributed by atoms with Crippen molar-refractivity contribution in [3.05, 3.63) is 52.0 Å². The lowest BCUT2D eigenvalue weighted by Crippen LogP contribution is -2.24. The average molecular weight is 272 g/mol. The zero-order chi connectivity index (χ0) is 13.1. The first-order chi connectivity index (χ1) is 9.31. The van der Waals surface area contributed by atoms with Crippen LogP contribution in [0, 0.1) is 0 Å². The maximum Gasteiger partial charge on any atom is 0.224 e. The molecule has 1 aliphatic carbocycles. The van der Waals surface area contributed by atoms with Crippen LogP contribution in [-0.2, 0) is 17.8 Å². The Kier molecular flexibility index (Phi) is 3.60. The molecule has 1 fully saturated rings. The largest absolute Gasteiger partial charge is 0.352 e. The maximum atomic E-state index is 11.7. The monoisotopic (exact) mass is 272 g/mol. The van der Waals surface area contributed by atoms with Crippen molar-refractivity contribution in [2.45, 2.75) is 31.7 Å². The van der Waals surface area contributed by atoms with Gasteiger partial charge in [-0.3, -0.25) is 9.78 Å². The van der Waals surface area contributed by atoms with Crippen LogP contribution in [0.2, 0.25) is 0 Å². The van der Waals surface area contributed by atoms with Crippen molar-refractivity contribution in [1.29, 1.82) is 0 Å². The second kappa shape index (κ2) is 5.53. The first kappa shape index (κ1) is 12.4. The summed E-state index contributed by atoms with van der Waals surface area (Å²) in [5.41, 5.74) is 3.32. The fourth-order valence-corrected chi connectivity index (χ4v) is 2.67. The maximum absolute atomic E-state index is 11.7. The standard InChI is InChI=1S/C15H16N2OS/c18-15(7-11-5-6-19-10-11)17-9-12-1-4-14(16-8-12)13-2-3-13/h1,4-6,8,10,13H,2-3,7,9H2,(H,17,18). The summed E-state index contributed by atoms with van der Waals surface area (Å²) in [6, 6.07) is 6.12. The van der Waals surface area contributed by atoms with Crippen molar-refractivity contribution in [2.75, 3.05) is 0 Å². The summed E-state index contributed by atoms with van der Waals surface area (Å²) >= 11 is 1.62. The molecule has 1 saturated carbocycles. The average Bonchev–Trinajstić information content (AvgIpc) is 3.16. The van der Waals surface area contributed by atoms with Crippen LogP contribution in [0.5, 0.6) is 0 Å². The van der Waals surface area contributed by atoms with Gasteiger partial charge in [-0.05, 0) is 46.9 Å². The number of amides is 1. The predicted octanol–water partition coefficient (Wildman–Crippen LogP) is 2.88. The molecule has 1 aliphatic rings.